The number of aryl methyl sites for hydroxylation is 1. The lowest BCUT2D eigenvalue weighted by Crippen LogP contribution is -2.08. The number of carbonyl (C=O) groups is 2. The van der Waals surface area contributed by atoms with Crippen molar-refractivity contribution in [2.75, 3.05) is 0 Å². The quantitative estimate of drug-likeness (QED) is 0.133. The van der Waals surface area contributed by atoms with E-state index in [1.807, 2.05) is 25.1 Å². The fourth-order valence-corrected chi connectivity index (χ4v) is 4.61. The highest BCUT2D eigenvalue weighted by atomic mass is 16.7. The van der Waals surface area contributed by atoms with Crippen LogP contribution in [0.15, 0.2) is 18.2 Å². The fourth-order valence-electron chi connectivity index (χ4n) is 4.61. The van der Waals surface area contributed by atoms with E-state index in [0.29, 0.717) is 12.0 Å². The lowest BCUT2D eigenvalue weighted by molar-refractivity contribution is 0.0976. The maximum atomic E-state index is 12.9. The molecule has 0 atom stereocenters. The van der Waals surface area contributed by atoms with Crippen LogP contribution in [0.25, 0.3) is 10.9 Å². The summed E-state index contributed by atoms with van der Waals surface area (Å²) < 4.78 is 4.88. The number of H-pyrrole nitrogens is 1. The molecule has 0 saturated carbocycles. The Morgan fingerprint density at radius 1 is 0.818 bits per heavy atom. The van der Waals surface area contributed by atoms with Crippen LogP contribution in [0.1, 0.15) is 126 Å². The van der Waals surface area contributed by atoms with Crippen molar-refractivity contribution in [1.29, 1.82) is 0 Å². The Morgan fingerprint density at radius 3 is 1.85 bits per heavy atom. The first-order chi connectivity index (χ1) is 16.0. The lowest BCUT2D eigenvalue weighted by atomic mass is 9.99. The number of hydrogen-bond donors (Lipinski definition) is 2. The minimum atomic E-state index is -1.42. The minimum Gasteiger partial charge on any atom is -0.449 e. The molecular formula is C28H43NO4. The molecule has 184 valence electrons. The third kappa shape index (κ3) is 9.61. The van der Waals surface area contributed by atoms with Gasteiger partial charge < -0.3 is 14.8 Å². The second-order valence-corrected chi connectivity index (χ2v) is 9.32. The van der Waals surface area contributed by atoms with Crippen LogP contribution in [0.5, 0.6) is 5.88 Å². The highest BCUT2D eigenvalue weighted by molar-refractivity contribution is 6.11. The van der Waals surface area contributed by atoms with Gasteiger partial charge in [-0.2, -0.15) is 0 Å². The molecule has 2 rings (SSSR count). The first-order valence-electron chi connectivity index (χ1n) is 13.1. The molecule has 0 amide bonds. The van der Waals surface area contributed by atoms with Crippen molar-refractivity contribution in [2.24, 2.45) is 0 Å². The zero-order chi connectivity index (χ0) is 23.9. The molecule has 0 fully saturated rings. The highest BCUT2D eigenvalue weighted by Crippen LogP contribution is 2.32. The van der Waals surface area contributed by atoms with E-state index in [1.54, 1.807) is 0 Å². The molecule has 2 aromatic rings. The van der Waals surface area contributed by atoms with Crippen molar-refractivity contribution < 1.29 is 19.4 Å². The number of hydrogen-bond acceptors (Lipinski definition) is 3. The number of rotatable bonds is 18. The summed E-state index contributed by atoms with van der Waals surface area (Å²) in [5.41, 5.74) is 2.03. The van der Waals surface area contributed by atoms with E-state index in [4.69, 9.17) is 9.84 Å². The Labute approximate surface area is 199 Å². The molecule has 5 heteroatoms. The summed E-state index contributed by atoms with van der Waals surface area (Å²) in [6.45, 7) is 4.19. The number of aromatic nitrogens is 1. The molecule has 5 nitrogen and oxygen atoms in total. The van der Waals surface area contributed by atoms with Gasteiger partial charge in [0.05, 0.1) is 5.56 Å². The topological polar surface area (TPSA) is 79.4 Å². The van der Waals surface area contributed by atoms with Gasteiger partial charge in [-0.3, -0.25) is 4.79 Å². The molecule has 0 aliphatic carbocycles. The van der Waals surface area contributed by atoms with Crippen LogP contribution < -0.4 is 4.74 Å². The van der Waals surface area contributed by atoms with Crippen LogP contribution in [0.4, 0.5) is 4.79 Å². The summed E-state index contributed by atoms with van der Waals surface area (Å²) in [4.78, 5) is 26.9. The molecular weight excluding hydrogens is 414 g/mol. The summed E-state index contributed by atoms with van der Waals surface area (Å²) in [5.74, 6) is -0.0146. The predicted octanol–water partition coefficient (Wildman–Crippen LogP) is 8.98. The van der Waals surface area contributed by atoms with E-state index in [-0.39, 0.29) is 11.7 Å². The van der Waals surface area contributed by atoms with E-state index in [1.165, 1.54) is 77.0 Å². The van der Waals surface area contributed by atoms with Gasteiger partial charge in [0.15, 0.2) is 5.78 Å². The monoisotopic (exact) mass is 457 g/mol. The highest BCUT2D eigenvalue weighted by Gasteiger charge is 2.22. The number of ketones is 1. The third-order valence-corrected chi connectivity index (χ3v) is 6.47. The summed E-state index contributed by atoms with van der Waals surface area (Å²) >= 11 is 0. The zero-order valence-corrected chi connectivity index (χ0v) is 20.7. The second-order valence-electron chi connectivity index (χ2n) is 9.32. The largest absolute Gasteiger partial charge is 0.512 e. The third-order valence-electron chi connectivity index (χ3n) is 6.47. The molecule has 1 heterocycles. The molecule has 0 radical (unpaired) electrons. The van der Waals surface area contributed by atoms with Crippen LogP contribution in [0, 0.1) is 6.92 Å². The minimum absolute atomic E-state index is 0.0396. The fraction of sp³-hybridized carbons (Fsp3) is 0.643. The van der Waals surface area contributed by atoms with Gasteiger partial charge in [-0.25, -0.2) is 4.79 Å². The van der Waals surface area contributed by atoms with Crippen LogP contribution >= 0.6 is 0 Å². The van der Waals surface area contributed by atoms with Crippen molar-refractivity contribution in [3.05, 3.63) is 29.3 Å². The zero-order valence-electron chi connectivity index (χ0n) is 20.7. The number of carboxylic acid groups (broad SMARTS) is 1. The Balaban J connectivity index is 1.61. The molecule has 1 aromatic carbocycles. The Morgan fingerprint density at radius 2 is 1.33 bits per heavy atom. The molecule has 0 saturated heterocycles. The van der Waals surface area contributed by atoms with Gasteiger partial charge in [0.1, 0.15) is 0 Å². The van der Waals surface area contributed by atoms with E-state index in [0.717, 1.165) is 35.7 Å². The average molecular weight is 458 g/mol. The Kier molecular flexibility index (Phi) is 12.7. The van der Waals surface area contributed by atoms with Crippen LogP contribution in [-0.2, 0) is 0 Å². The molecule has 0 spiro atoms. The summed E-state index contributed by atoms with van der Waals surface area (Å²) in [7, 11) is 0. The first-order valence-corrected chi connectivity index (χ1v) is 13.1. The summed E-state index contributed by atoms with van der Waals surface area (Å²) in [5, 5.41) is 9.79. The number of unbranched alkanes of at least 4 members (excludes halogenated alkanes) is 14. The van der Waals surface area contributed by atoms with Crippen LogP contribution in [0.2, 0.25) is 0 Å². The number of benzene rings is 1. The summed E-state index contributed by atoms with van der Waals surface area (Å²) in [6, 6.07) is 5.63. The van der Waals surface area contributed by atoms with E-state index >= 15 is 0 Å². The number of fused-ring (bicyclic) bond motifs is 1. The maximum Gasteiger partial charge on any atom is 0.512 e. The van der Waals surface area contributed by atoms with Gasteiger partial charge >= 0.3 is 6.16 Å². The number of aromatic amines is 1. The molecule has 0 bridgehead atoms. The Bertz CT molecular complexity index is 855. The van der Waals surface area contributed by atoms with E-state index in [2.05, 4.69) is 11.9 Å². The van der Waals surface area contributed by atoms with E-state index in [9.17, 15) is 9.59 Å². The first kappa shape index (κ1) is 26.9. The standard InChI is InChI=1S/C28H43NO4/c1-3-4-5-6-7-8-9-10-11-12-13-14-15-16-17-21-24(30)26-25-22(2)19-18-20-23(25)29-27(26)33-28(31)32/h18-20,29H,3-17,21H2,1-2H3,(H,31,32). The van der Waals surface area contributed by atoms with Crippen LogP contribution in [-0.4, -0.2) is 22.0 Å². The SMILES string of the molecule is CCCCCCCCCCCCCCCCCC(=O)c1c(OC(=O)O)[nH]c2cccc(C)c12. The lowest BCUT2D eigenvalue weighted by Gasteiger charge is -2.05. The molecule has 0 aliphatic rings. The smallest absolute Gasteiger partial charge is 0.449 e. The van der Waals surface area contributed by atoms with Gasteiger partial charge in [0.25, 0.3) is 0 Å². The molecule has 2 N–H and O–H groups in total. The number of Topliss-reactive ketones (excluding diaryl/α,β-unsaturated/α-hetero) is 1. The summed E-state index contributed by atoms with van der Waals surface area (Å²) in [6.07, 6.45) is 18.2. The number of ether oxygens (including phenoxy) is 1. The van der Waals surface area contributed by atoms with Gasteiger partial charge in [-0.05, 0) is 25.0 Å². The van der Waals surface area contributed by atoms with Gasteiger partial charge in [0, 0.05) is 17.3 Å². The molecule has 0 aliphatic heterocycles. The maximum absolute atomic E-state index is 12.9. The Hall–Kier alpha value is -2.30. The van der Waals surface area contributed by atoms with Gasteiger partial charge in [0.2, 0.25) is 5.88 Å². The van der Waals surface area contributed by atoms with Crippen molar-refractivity contribution in [3.63, 3.8) is 0 Å². The normalized spacial score (nSPS) is 11.2. The second kappa shape index (κ2) is 15.5. The van der Waals surface area contributed by atoms with E-state index < -0.39 is 6.16 Å². The predicted molar refractivity (Wildman–Crippen MR) is 136 cm³/mol. The number of nitrogens with one attached hydrogen (secondary N) is 1. The number of carbonyl (C=O) groups excluding carboxylic acids is 1. The molecule has 1 aromatic heterocycles. The van der Waals surface area contributed by atoms with Gasteiger partial charge in [-0.15, -0.1) is 0 Å². The van der Waals surface area contributed by atoms with Crippen molar-refractivity contribution in [3.8, 4) is 5.88 Å². The molecule has 0 unspecified atom stereocenters. The van der Waals surface area contributed by atoms with Crippen molar-refractivity contribution >= 4 is 22.8 Å². The van der Waals surface area contributed by atoms with Gasteiger partial charge in [-0.1, -0.05) is 109 Å². The van der Waals surface area contributed by atoms with Crippen molar-refractivity contribution in [1.82, 2.24) is 4.98 Å². The average Bonchev–Trinajstić information content (AvgIpc) is 3.15. The molecule has 33 heavy (non-hydrogen) atoms. The van der Waals surface area contributed by atoms with Crippen molar-refractivity contribution in [2.45, 2.75) is 117 Å². The van der Waals surface area contributed by atoms with Crippen LogP contribution in [0.3, 0.4) is 0 Å².